The molecule has 1 N–H and O–H groups in total. The standard InChI is InChI=1S/C8H17FN2/c1-2-3-4-8-7-10-5-6-11(8)9/h8,10H,2-7H2,1H3. The van der Waals surface area contributed by atoms with E-state index in [1.165, 1.54) is 0 Å². The third kappa shape index (κ3) is 2.75. The van der Waals surface area contributed by atoms with Crippen molar-refractivity contribution in [1.82, 2.24) is 10.4 Å². The van der Waals surface area contributed by atoms with Crippen LogP contribution in [-0.2, 0) is 0 Å². The summed E-state index contributed by atoms with van der Waals surface area (Å²) in [6, 6.07) is 0.128. The fourth-order valence-corrected chi connectivity index (χ4v) is 1.42. The summed E-state index contributed by atoms with van der Waals surface area (Å²) >= 11 is 0. The van der Waals surface area contributed by atoms with E-state index < -0.39 is 0 Å². The van der Waals surface area contributed by atoms with Crippen LogP contribution in [-0.4, -0.2) is 30.8 Å². The van der Waals surface area contributed by atoms with Gasteiger partial charge in [0, 0.05) is 19.6 Å². The van der Waals surface area contributed by atoms with Gasteiger partial charge < -0.3 is 5.32 Å². The summed E-state index contributed by atoms with van der Waals surface area (Å²) in [5.74, 6) is 0. The van der Waals surface area contributed by atoms with Crippen LogP contribution >= 0.6 is 0 Å². The fourth-order valence-electron chi connectivity index (χ4n) is 1.42. The number of piperazine rings is 1. The van der Waals surface area contributed by atoms with Crippen molar-refractivity contribution in [3.8, 4) is 0 Å². The Morgan fingerprint density at radius 2 is 2.45 bits per heavy atom. The molecule has 1 unspecified atom stereocenters. The lowest BCUT2D eigenvalue weighted by atomic mass is 10.1. The topological polar surface area (TPSA) is 15.3 Å². The van der Waals surface area contributed by atoms with Gasteiger partial charge in [0.25, 0.3) is 0 Å². The molecule has 0 aromatic carbocycles. The highest BCUT2D eigenvalue weighted by molar-refractivity contribution is 4.73. The molecular formula is C8H17FN2. The molecule has 66 valence electrons. The molecule has 0 saturated carbocycles. The van der Waals surface area contributed by atoms with Gasteiger partial charge in [-0.1, -0.05) is 19.8 Å². The van der Waals surface area contributed by atoms with Crippen molar-refractivity contribution in [2.24, 2.45) is 0 Å². The van der Waals surface area contributed by atoms with Crippen LogP contribution in [0.1, 0.15) is 26.2 Å². The Hall–Kier alpha value is -0.150. The van der Waals surface area contributed by atoms with Crippen LogP contribution in [0.3, 0.4) is 0 Å². The summed E-state index contributed by atoms with van der Waals surface area (Å²) in [6.45, 7) is 4.29. The Kier molecular flexibility index (Phi) is 3.80. The van der Waals surface area contributed by atoms with E-state index >= 15 is 0 Å². The van der Waals surface area contributed by atoms with Crippen LogP contribution in [0.25, 0.3) is 0 Å². The lowest BCUT2D eigenvalue weighted by Crippen LogP contribution is -2.47. The van der Waals surface area contributed by atoms with Gasteiger partial charge in [-0.3, -0.25) is 0 Å². The fraction of sp³-hybridized carbons (Fsp3) is 1.00. The number of hydrogen-bond acceptors (Lipinski definition) is 2. The molecule has 11 heavy (non-hydrogen) atoms. The first-order valence-corrected chi connectivity index (χ1v) is 4.47. The quantitative estimate of drug-likeness (QED) is 0.627. The first kappa shape index (κ1) is 8.94. The van der Waals surface area contributed by atoms with E-state index in [-0.39, 0.29) is 6.04 Å². The SMILES string of the molecule is CCCCC1CNCCN1F. The molecule has 0 aliphatic carbocycles. The second-order valence-corrected chi connectivity index (χ2v) is 3.12. The van der Waals surface area contributed by atoms with Crippen LogP contribution in [0.2, 0.25) is 0 Å². The van der Waals surface area contributed by atoms with Gasteiger partial charge >= 0.3 is 0 Å². The van der Waals surface area contributed by atoms with E-state index in [2.05, 4.69) is 12.2 Å². The summed E-state index contributed by atoms with van der Waals surface area (Å²) in [5, 5.41) is 4.17. The monoisotopic (exact) mass is 160 g/mol. The van der Waals surface area contributed by atoms with Crippen LogP contribution in [0.4, 0.5) is 4.48 Å². The zero-order valence-corrected chi connectivity index (χ0v) is 7.15. The molecular weight excluding hydrogens is 143 g/mol. The molecule has 0 radical (unpaired) electrons. The van der Waals surface area contributed by atoms with E-state index in [0.29, 0.717) is 6.54 Å². The number of nitrogens with zero attached hydrogens (tertiary/aromatic N) is 1. The molecule has 1 heterocycles. The molecule has 1 atom stereocenters. The molecule has 0 amide bonds. The van der Waals surface area contributed by atoms with E-state index in [4.69, 9.17) is 0 Å². The molecule has 2 nitrogen and oxygen atoms in total. The Morgan fingerprint density at radius 3 is 3.09 bits per heavy atom. The van der Waals surface area contributed by atoms with Gasteiger partial charge in [-0.15, -0.1) is 9.60 Å². The maximum absolute atomic E-state index is 13.0. The molecule has 0 aromatic rings. The zero-order valence-electron chi connectivity index (χ0n) is 7.15. The highest BCUT2D eigenvalue weighted by atomic mass is 19.2. The van der Waals surface area contributed by atoms with E-state index in [0.717, 1.165) is 37.5 Å². The third-order valence-corrected chi connectivity index (χ3v) is 2.17. The predicted octanol–water partition coefficient (Wildman–Crippen LogP) is 1.33. The summed E-state index contributed by atoms with van der Waals surface area (Å²) in [7, 11) is 0. The third-order valence-electron chi connectivity index (χ3n) is 2.17. The molecule has 1 fully saturated rings. The highest BCUT2D eigenvalue weighted by Crippen LogP contribution is 2.10. The van der Waals surface area contributed by atoms with Crippen molar-refractivity contribution < 1.29 is 4.48 Å². The smallest absolute Gasteiger partial charge is 0.0527 e. The van der Waals surface area contributed by atoms with Crippen molar-refractivity contribution in [3.05, 3.63) is 0 Å². The average Bonchev–Trinajstić information content (AvgIpc) is 2.03. The average molecular weight is 160 g/mol. The lowest BCUT2D eigenvalue weighted by Gasteiger charge is -2.28. The molecule has 0 aromatic heterocycles. The number of rotatable bonds is 3. The minimum Gasteiger partial charge on any atom is -0.314 e. The zero-order chi connectivity index (χ0) is 8.10. The van der Waals surface area contributed by atoms with Gasteiger partial charge in [0.1, 0.15) is 0 Å². The van der Waals surface area contributed by atoms with Crippen LogP contribution in [0.5, 0.6) is 0 Å². The van der Waals surface area contributed by atoms with Crippen LogP contribution < -0.4 is 5.32 Å². The van der Waals surface area contributed by atoms with Gasteiger partial charge in [-0.05, 0) is 6.42 Å². The van der Waals surface area contributed by atoms with Crippen LogP contribution in [0.15, 0.2) is 0 Å². The minimum absolute atomic E-state index is 0.128. The number of hydrogen-bond donors (Lipinski definition) is 1. The Morgan fingerprint density at radius 1 is 1.64 bits per heavy atom. The van der Waals surface area contributed by atoms with E-state index in [9.17, 15) is 4.48 Å². The largest absolute Gasteiger partial charge is 0.314 e. The molecule has 1 aliphatic rings. The first-order chi connectivity index (χ1) is 5.34. The van der Waals surface area contributed by atoms with Crippen molar-refractivity contribution >= 4 is 0 Å². The van der Waals surface area contributed by atoms with Gasteiger partial charge in [-0.25, -0.2) is 0 Å². The van der Waals surface area contributed by atoms with Gasteiger partial charge in [0.05, 0.1) is 6.04 Å². The second kappa shape index (κ2) is 4.67. The Bertz CT molecular complexity index is 108. The maximum atomic E-state index is 13.0. The van der Waals surface area contributed by atoms with Crippen molar-refractivity contribution in [2.75, 3.05) is 19.6 Å². The van der Waals surface area contributed by atoms with Crippen molar-refractivity contribution in [2.45, 2.75) is 32.2 Å². The van der Waals surface area contributed by atoms with Crippen LogP contribution in [0, 0.1) is 0 Å². The maximum Gasteiger partial charge on any atom is 0.0527 e. The molecule has 3 heteroatoms. The first-order valence-electron chi connectivity index (χ1n) is 4.47. The lowest BCUT2D eigenvalue weighted by molar-refractivity contribution is -0.0397. The molecule has 1 rings (SSSR count). The van der Waals surface area contributed by atoms with Crippen molar-refractivity contribution in [3.63, 3.8) is 0 Å². The summed E-state index contributed by atoms with van der Waals surface area (Å²) in [6.07, 6.45) is 3.27. The van der Waals surface area contributed by atoms with Crippen molar-refractivity contribution in [1.29, 1.82) is 0 Å². The number of unbranched alkanes of at least 4 members (excludes halogenated alkanes) is 1. The summed E-state index contributed by atoms with van der Waals surface area (Å²) < 4.78 is 13.0. The normalized spacial score (nSPS) is 27.3. The highest BCUT2D eigenvalue weighted by Gasteiger charge is 2.20. The van der Waals surface area contributed by atoms with E-state index in [1.54, 1.807) is 0 Å². The molecule has 0 bridgehead atoms. The number of halogens is 1. The Labute approximate surface area is 67.7 Å². The minimum atomic E-state index is 0.128. The van der Waals surface area contributed by atoms with E-state index in [1.807, 2.05) is 0 Å². The van der Waals surface area contributed by atoms with Gasteiger partial charge in [0.15, 0.2) is 0 Å². The number of nitrogens with one attached hydrogen (secondary N) is 1. The van der Waals surface area contributed by atoms with Gasteiger partial charge in [-0.2, -0.15) is 0 Å². The summed E-state index contributed by atoms with van der Waals surface area (Å²) in [4.78, 5) is 0. The molecule has 1 saturated heterocycles. The molecule has 0 spiro atoms. The Balaban J connectivity index is 2.18. The molecule has 1 aliphatic heterocycles. The second-order valence-electron chi connectivity index (χ2n) is 3.12. The van der Waals surface area contributed by atoms with Gasteiger partial charge in [0.2, 0.25) is 0 Å². The predicted molar refractivity (Wildman–Crippen MR) is 44.0 cm³/mol. The summed E-state index contributed by atoms with van der Waals surface area (Å²) in [5.41, 5.74) is 0.